The number of hydrogen-bond donors (Lipinski definition) is 0. The molecule has 4 heteroatoms. The fraction of sp³-hybridized carbons (Fsp3) is 0.571. The lowest BCUT2D eigenvalue weighted by Gasteiger charge is -2.40. The maximum atomic E-state index is 11.7. The van der Waals surface area contributed by atoms with Gasteiger partial charge >= 0.3 is 0 Å². The third kappa shape index (κ3) is 6.53. The van der Waals surface area contributed by atoms with Crippen LogP contribution in [0.15, 0.2) is 43.0 Å². The Balaban J connectivity index is 2.66. The van der Waals surface area contributed by atoms with Crippen molar-refractivity contribution in [1.29, 1.82) is 0 Å². The van der Waals surface area contributed by atoms with Crippen LogP contribution in [0.2, 0.25) is 18.1 Å². The molecule has 0 amide bonds. The summed E-state index contributed by atoms with van der Waals surface area (Å²) in [6.45, 7) is 18.0. The van der Waals surface area contributed by atoms with Crippen molar-refractivity contribution >= 4 is 14.6 Å². The second-order valence-electron chi connectivity index (χ2n) is 8.24. The lowest BCUT2D eigenvalue weighted by molar-refractivity contribution is -0.117. The molecule has 0 aliphatic rings. The highest BCUT2D eigenvalue weighted by Gasteiger charge is 2.40. The van der Waals surface area contributed by atoms with E-state index in [1.165, 1.54) is 0 Å². The number of hydrogen-bond acceptors (Lipinski definition) is 3. The summed E-state index contributed by atoms with van der Waals surface area (Å²) in [6.07, 6.45) is 2.39. The van der Waals surface area contributed by atoms with Crippen molar-refractivity contribution in [1.82, 2.24) is 0 Å². The molecule has 0 unspecified atom stereocenters. The van der Waals surface area contributed by atoms with Crippen molar-refractivity contribution in [3.05, 3.63) is 48.6 Å². The predicted molar refractivity (Wildman–Crippen MR) is 107 cm³/mol. The van der Waals surface area contributed by atoms with Crippen LogP contribution in [-0.2, 0) is 20.6 Å². The van der Waals surface area contributed by atoms with Crippen LogP contribution in [0.1, 0.15) is 33.3 Å². The normalized spacial score (nSPS) is 16.1. The molecule has 0 saturated heterocycles. The highest BCUT2D eigenvalue weighted by molar-refractivity contribution is 6.74. The average Bonchev–Trinajstić information content (AvgIpc) is 2.56. The first-order valence-electron chi connectivity index (χ1n) is 8.99. The minimum absolute atomic E-state index is 0.0277. The minimum atomic E-state index is -2.00. The van der Waals surface area contributed by atoms with Gasteiger partial charge in [-0.2, -0.15) is 0 Å². The maximum absolute atomic E-state index is 11.7. The molecule has 0 N–H and O–H groups in total. The Morgan fingerprint density at radius 2 is 1.80 bits per heavy atom. The number of ether oxygens (including phenoxy) is 1. The van der Waals surface area contributed by atoms with Crippen LogP contribution in [0.3, 0.4) is 0 Å². The molecule has 1 aromatic carbocycles. The molecule has 0 aliphatic carbocycles. The standard InChI is InChI=1S/C21H34O3Si/c1-8-19(16-23-15-18-12-10-9-11-13-18)17(2)20(14-22)24-25(6,7)21(3,4)5/h8-14,17,19-20H,1,15-16H2,2-7H3/t17-,19+,20+/m1/s1. The number of rotatable bonds is 10. The maximum Gasteiger partial charge on any atom is 0.193 e. The molecule has 1 aromatic rings. The van der Waals surface area contributed by atoms with Gasteiger partial charge in [-0.15, -0.1) is 6.58 Å². The van der Waals surface area contributed by atoms with Crippen molar-refractivity contribution in [2.75, 3.05) is 6.61 Å². The molecule has 0 spiro atoms. The Kier molecular flexibility index (Phi) is 8.25. The predicted octanol–water partition coefficient (Wildman–Crippen LogP) is 5.23. The van der Waals surface area contributed by atoms with E-state index in [-0.39, 0.29) is 16.9 Å². The van der Waals surface area contributed by atoms with Crippen LogP contribution in [0.25, 0.3) is 0 Å². The van der Waals surface area contributed by atoms with Gasteiger partial charge in [0.2, 0.25) is 0 Å². The Morgan fingerprint density at radius 1 is 1.20 bits per heavy atom. The molecule has 1 rings (SSSR count). The van der Waals surface area contributed by atoms with Crippen LogP contribution in [0, 0.1) is 11.8 Å². The lowest BCUT2D eigenvalue weighted by atomic mass is 9.90. The fourth-order valence-corrected chi connectivity index (χ4v) is 3.65. The highest BCUT2D eigenvalue weighted by atomic mass is 28.4. The van der Waals surface area contributed by atoms with Crippen LogP contribution in [0.5, 0.6) is 0 Å². The van der Waals surface area contributed by atoms with Gasteiger partial charge in [0.1, 0.15) is 12.4 Å². The molecule has 0 aliphatic heterocycles. The molecular weight excluding hydrogens is 328 g/mol. The van der Waals surface area contributed by atoms with Gasteiger partial charge in [-0.3, -0.25) is 0 Å². The smallest absolute Gasteiger partial charge is 0.193 e. The van der Waals surface area contributed by atoms with E-state index in [0.717, 1.165) is 11.8 Å². The van der Waals surface area contributed by atoms with Gasteiger partial charge in [0.25, 0.3) is 0 Å². The second-order valence-corrected chi connectivity index (χ2v) is 13.0. The van der Waals surface area contributed by atoms with Gasteiger partial charge in [-0.25, -0.2) is 0 Å². The van der Waals surface area contributed by atoms with Gasteiger partial charge in [0.05, 0.1) is 13.2 Å². The first-order chi connectivity index (χ1) is 11.6. The van der Waals surface area contributed by atoms with E-state index in [2.05, 4.69) is 40.4 Å². The summed E-state index contributed by atoms with van der Waals surface area (Å²) in [6, 6.07) is 10.1. The molecule has 0 aromatic heterocycles. The Labute approximate surface area is 154 Å². The van der Waals surface area contributed by atoms with Crippen molar-refractivity contribution < 1.29 is 14.0 Å². The number of aldehydes is 1. The Bertz CT molecular complexity index is 534. The molecule has 0 fully saturated rings. The summed E-state index contributed by atoms with van der Waals surface area (Å²) >= 11 is 0. The Morgan fingerprint density at radius 3 is 2.28 bits per heavy atom. The van der Waals surface area contributed by atoms with Crippen molar-refractivity contribution in [2.45, 2.75) is 58.5 Å². The zero-order chi connectivity index (χ0) is 19.1. The second kappa shape index (κ2) is 9.46. The SMILES string of the molecule is C=C[C@@H](COCc1ccccc1)[C@@H](C)[C@H](C=O)O[Si](C)(C)C(C)(C)C. The summed E-state index contributed by atoms with van der Waals surface area (Å²) in [4.78, 5) is 11.7. The van der Waals surface area contributed by atoms with Gasteiger partial charge in [-0.1, -0.05) is 64.1 Å². The molecule has 0 heterocycles. The molecule has 3 nitrogen and oxygen atoms in total. The van der Waals surface area contributed by atoms with Crippen LogP contribution >= 0.6 is 0 Å². The summed E-state index contributed by atoms with van der Waals surface area (Å²) in [7, 11) is -2.00. The number of benzene rings is 1. The largest absolute Gasteiger partial charge is 0.407 e. The van der Waals surface area contributed by atoms with E-state index in [1.54, 1.807) is 0 Å². The van der Waals surface area contributed by atoms with E-state index in [9.17, 15) is 4.79 Å². The zero-order valence-corrected chi connectivity index (χ0v) is 17.6. The first kappa shape index (κ1) is 21.8. The van der Waals surface area contributed by atoms with Crippen LogP contribution in [0.4, 0.5) is 0 Å². The van der Waals surface area contributed by atoms with Crippen molar-refractivity contribution in [2.24, 2.45) is 11.8 Å². The van der Waals surface area contributed by atoms with Crippen molar-refractivity contribution in [3.63, 3.8) is 0 Å². The van der Waals surface area contributed by atoms with Crippen LogP contribution < -0.4 is 0 Å². The summed E-state index contributed by atoms with van der Waals surface area (Å²) in [5, 5.41) is 0.0709. The third-order valence-corrected chi connectivity index (χ3v) is 9.76. The summed E-state index contributed by atoms with van der Waals surface area (Å²) in [5.74, 6) is 0.101. The van der Waals surface area contributed by atoms with Gasteiger partial charge < -0.3 is 14.0 Å². The quantitative estimate of drug-likeness (QED) is 0.325. The van der Waals surface area contributed by atoms with E-state index >= 15 is 0 Å². The average molecular weight is 363 g/mol. The van der Waals surface area contributed by atoms with E-state index in [4.69, 9.17) is 9.16 Å². The minimum Gasteiger partial charge on any atom is -0.407 e. The third-order valence-electron chi connectivity index (χ3n) is 5.29. The molecule has 0 saturated carbocycles. The van der Waals surface area contributed by atoms with E-state index in [1.807, 2.05) is 43.3 Å². The summed E-state index contributed by atoms with van der Waals surface area (Å²) in [5.41, 5.74) is 1.14. The molecule has 140 valence electrons. The molecule has 3 atom stereocenters. The molecular formula is C21H34O3Si. The topological polar surface area (TPSA) is 35.5 Å². The molecule has 0 bridgehead atoms. The zero-order valence-electron chi connectivity index (χ0n) is 16.6. The van der Waals surface area contributed by atoms with Crippen LogP contribution in [-0.4, -0.2) is 27.3 Å². The molecule has 0 radical (unpaired) electrons. The first-order valence-corrected chi connectivity index (χ1v) is 11.9. The lowest BCUT2D eigenvalue weighted by Crippen LogP contribution is -2.47. The number of carbonyl (C=O) groups excluding carboxylic acids is 1. The summed E-state index contributed by atoms with van der Waals surface area (Å²) < 4.78 is 12.2. The van der Waals surface area contributed by atoms with Gasteiger partial charge in [-0.05, 0) is 29.6 Å². The van der Waals surface area contributed by atoms with Gasteiger partial charge in [0.15, 0.2) is 8.32 Å². The number of carbonyl (C=O) groups is 1. The monoisotopic (exact) mass is 362 g/mol. The highest BCUT2D eigenvalue weighted by Crippen LogP contribution is 2.38. The van der Waals surface area contributed by atoms with Gasteiger partial charge in [0, 0.05) is 5.92 Å². The molecule has 25 heavy (non-hydrogen) atoms. The Hall–Kier alpha value is -1.23. The van der Waals surface area contributed by atoms with E-state index < -0.39 is 14.4 Å². The van der Waals surface area contributed by atoms with Crippen molar-refractivity contribution in [3.8, 4) is 0 Å². The van der Waals surface area contributed by atoms with E-state index in [0.29, 0.717) is 13.2 Å². The fourth-order valence-electron chi connectivity index (χ4n) is 2.34.